The molecule has 2 saturated heterocycles. The Kier molecular flexibility index (Phi) is 4.69. The Labute approximate surface area is 171 Å². The van der Waals surface area contributed by atoms with Crippen LogP contribution in [0, 0.1) is 6.92 Å². The van der Waals surface area contributed by atoms with Gasteiger partial charge in [-0.05, 0) is 18.6 Å². The van der Waals surface area contributed by atoms with Crippen molar-refractivity contribution in [1.29, 1.82) is 0 Å². The number of carbonyl (C=O) groups excluding carboxylic acids is 1. The zero-order valence-electron chi connectivity index (χ0n) is 16.1. The summed E-state index contributed by atoms with van der Waals surface area (Å²) < 4.78 is 19.1. The molecule has 3 aromatic rings. The Morgan fingerprint density at radius 2 is 2.00 bits per heavy atom. The van der Waals surface area contributed by atoms with Crippen molar-refractivity contribution >= 4 is 33.3 Å². The Morgan fingerprint density at radius 1 is 1.24 bits per heavy atom. The minimum Gasteiger partial charge on any atom is -0.465 e. The van der Waals surface area contributed by atoms with Crippen LogP contribution in [0.4, 0.5) is 5.82 Å². The minimum absolute atomic E-state index is 0.0420. The van der Waals surface area contributed by atoms with Gasteiger partial charge in [0.15, 0.2) is 0 Å². The molecule has 0 aromatic carbocycles. The number of ether oxygens (including phenoxy) is 3. The van der Waals surface area contributed by atoms with E-state index < -0.39 is 0 Å². The van der Waals surface area contributed by atoms with E-state index in [9.17, 15) is 4.79 Å². The lowest BCUT2D eigenvalue weighted by Crippen LogP contribution is -2.27. The zero-order chi connectivity index (χ0) is 20.0. The molecule has 0 bridgehead atoms. The summed E-state index contributed by atoms with van der Waals surface area (Å²) >= 11 is 1.33. The molecular formula is C19H21N5O4S. The van der Waals surface area contributed by atoms with Gasteiger partial charge in [-0.25, -0.2) is 14.8 Å². The number of aryl methyl sites for hydroxylation is 1. The SMILES string of the molecule is COC(=O)c1sc2ncnc(N3C[C@@H]4OCC(n5cccn5)CO[C@H]4C3)c2c1C. The summed E-state index contributed by atoms with van der Waals surface area (Å²) in [5.74, 6) is 0.460. The first-order chi connectivity index (χ1) is 14.2. The maximum absolute atomic E-state index is 12.1. The molecule has 0 amide bonds. The molecular weight excluding hydrogens is 394 g/mol. The van der Waals surface area contributed by atoms with Crippen LogP contribution < -0.4 is 4.90 Å². The predicted octanol–water partition coefficient (Wildman–Crippen LogP) is 1.83. The largest absolute Gasteiger partial charge is 0.465 e. The van der Waals surface area contributed by atoms with Crippen molar-refractivity contribution in [1.82, 2.24) is 19.7 Å². The van der Waals surface area contributed by atoms with E-state index in [1.807, 2.05) is 23.9 Å². The molecule has 29 heavy (non-hydrogen) atoms. The quantitative estimate of drug-likeness (QED) is 0.599. The fraction of sp³-hybridized carbons (Fsp3) is 0.474. The first-order valence-electron chi connectivity index (χ1n) is 9.45. The van der Waals surface area contributed by atoms with Crippen molar-refractivity contribution in [3.8, 4) is 0 Å². The summed E-state index contributed by atoms with van der Waals surface area (Å²) in [5, 5.41) is 5.19. The van der Waals surface area contributed by atoms with Gasteiger partial charge in [-0.1, -0.05) is 0 Å². The van der Waals surface area contributed by atoms with E-state index >= 15 is 0 Å². The number of fused-ring (bicyclic) bond motifs is 2. The van der Waals surface area contributed by atoms with E-state index in [0.717, 1.165) is 21.6 Å². The fourth-order valence-corrected chi connectivity index (χ4v) is 5.05. The van der Waals surface area contributed by atoms with Crippen molar-refractivity contribution in [2.24, 2.45) is 0 Å². The number of carbonyl (C=O) groups is 1. The third-order valence-electron chi connectivity index (χ3n) is 5.50. The van der Waals surface area contributed by atoms with Crippen LogP contribution in [-0.2, 0) is 14.2 Å². The average Bonchev–Trinajstić information content (AvgIpc) is 3.45. The fourth-order valence-electron chi connectivity index (χ4n) is 3.98. The molecule has 2 aliphatic rings. The van der Waals surface area contributed by atoms with Gasteiger partial charge in [0.05, 0.1) is 31.8 Å². The highest BCUT2D eigenvalue weighted by atomic mass is 32.1. The van der Waals surface area contributed by atoms with Crippen LogP contribution in [0.1, 0.15) is 21.3 Å². The van der Waals surface area contributed by atoms with Crippen molar-refractivity contribution in [2.75, 3.05) is 38.3 Å². The monoisotopic (exact) mass is 415 g/mol. The standard InChI is InChI=1S/C19H21N5O4S/c1-11-15-17(20-10-21-18(15)29-16(11)19(25)26-2)23-6-13-14(7-23)28-9-12(8-27-13)24-5-3-4-22-24/h3-5,10,12-14H,6-9H2,1-2H3/t13-,14-/m0/s1. The summed E-state index contributed by atoms with van der Waals surface area (Å²) in [6, 6.07) is 1.98. The van der Waals surface area contributed by atoms with E-state index in [1.165, 1.54) is 18.4 Å². The van der Waals surface area contributed by atoms with Gasteiger partial charge in [0.2, 0.25) is 0 Å². The smallest absolute Gasteiger partial charge is 0.348 e. The molecule has 2 fully saturated rings. The average molecular weight is 415 g/mol. The Hall–Kier alpha value is -2.56. The van der Waals surface area contributed by atoms with E-state index in [2.05, 4.69) is 20.0 Å². The summed E-state index contributed by atoms with van der Waals surface area (Å²) in [5.41, 5.74) is 0.847. The highest BCUT2D eigenvalue weighted by Crippen LogP contribution is 2.37. The summed E-state index contributed by atoms with van der Waals surface area (Å²) in [6.07, 6.45) is 5.15. The number of anilines is 1. The number of esters is 1. The molecule has 0 spiro atoms. The molecule has 3 aromatic heterocycles. The van der Waals surface area contributed by atoms with Gasteiger partial charge in [-0.2, -0.15) is 5.10 Å². The predicted molar refractivity (Wildman–Crippen MR) is 106 cm³/mol. The van der Waals surface area contributed by atoms with Gasteiger partial charge < -0.3 is 19.1 Å². The van der Waals surface area contributed by atoms with Crippen LogP contribution in [0.25, 0.3) is 10.2 Å². The third kappa shape index (κ3) is 3.17. The van der Waals surface area contributed by atoms with Gasteiger partial charge in [0, 0.05) is 25.5 Å². The number of thiophene rings is 1. The number of nitrogens with zero attached hydrogens (tertiary/aromatic N) is 5. The molecule has 5 heterocycles. The summed E-state index contributed by atoms with van der Waals surface area (Å²) in [4.78, 5) is 24.5. The molecule has 152 valence electrons. The summed E-state index contributed by atoms with van der Waals surface area (Å²) in [7, 11) is 1.39. The second-order valence-corrected chi connectivity index (χ2v) is 8.21. The molecule has 0 N–H and O–H groups in total. The Balaban J connectivity index is 1.39. The topological polar surface area (TPSA) is 91.6 Å². The lowest BCUT2D eigenvalue weighted by molar-refractivity contribution is -0.00461. The molecule has 0 saturated carbocycles. The van der Waals surface area contributed by atoms with E-state index in [0.29, 0.717) is 31.2 Å². The number of aromatic nitrogens is 4. The van der Waals surface area contributed by atoms with Crippen LogP contribution in [0.3, 0.4) is 0 Å². The number of methoxy groups -OCH3 is 1. The minimum atomic E-state index is -0.348. The van der Waals surface area contributed by atoms with Crippen LogP contribution in [0.2, 0.25) is 0 Å². The van der Waals surface area contributed by atoms with Crippen LogP contribution in [0.5, 0.6) is 0 Å². The summed E-state index contributed by atoms with van der Waals surface area (Å²) in [6.45, 7) is 4.37. The van der Waals surface area contributed by atoms with Crippen molar-refractivity contribution in [3.63, 3.8) is 0 Å². The van der Waals surface area contributed by atoms with Crippen LogP contribution in [-0.4, -0.2) is 71.3 Å². The zero-order valence-corrected chi connectivity index (χ0v) is 17.0. The molecule has 10 heteroatoms. The van der Waals surface area contributed by atoms with Gasteiger partial charge in [-0.15, -0.1) is 11.3 Å². The third-order valence-corrected chi connectivity index (χ3v) is 6.68. The van der Waals surface area contributed by atoms with E-state index in [-0.39, 0.29) is 24.2 Å². The molecule has 0 aliphatic carbocycles. The first kappa shape index (κ1) is 18.5. The lowest BCUT2D eigenvalue weighted by Gasteiger charge is -2.20. The number of rotatable bonds is 3. The highest BCUT2D eigenvalue weighted by molar-refractivity contribution is 7.20. The molecule has 0 unspecified atom stereocenters. The number of hydrogen-bond donors (Lipinski definition) is 0. The first-order valence-corrected chi connectivity index (χ1v) is 10.3. The lowest BCUT2D eigenvalue weighted by atomic mass is 10.2. The second-order valence-electron chi connectivity index (χ2n) is 7.21. The molecule has 2 aliphatic heterocycles. The highest BCUT2D eigenvalue weighted by Gasteiger charge is 2.39. The second kappa shape index (κ2) is 7.36. The van der Waals surface area contributed by atoms with E-state index in [4.69, 9.17) is 14.2 Å². The Morgan fingerprint density at radius 3 is 2.66 bits per heavy atom. The van der Waals surface area contributed by atoms with Crippen LogP contribution in [0.15, 0.2) is 24.8 Å². The molecule has 9 nitrogen and oxygen atoms in total. The maximum atomic E-state index is 12.1. The molecule has 5 rings (SSSR count). The Bertz CT molecular complexity index is 1020. The van der Waals surface area contributed by atoms with Crippen molar-refractivity contribution < 1.29 is 19.0 Å². The normalized spacial score (nSPS) is 22.6. The van der Waals surface area contributed by atoms with Crippen molar-refractivity contribution in [3.05, 3.63) is 35.2 Å². The molecule has 2 atom stereocenters. The van der Waals surface area contributed by atoms with Crippen LogP contribution >= 0.6 is 11.3 Å². The van der Waals surface area contributed by atoms with Gasteiger partial charge >= 0.3 is 5.97 Å². The maximum Gasteiger partial charge on any atom is 0.348 e. The van der Waals surface area contributed by atoms with Crippen molar-refractivity contribution in [2.45, 2.75) is 25.2 Å². The van der Waals surface area contributed by atoms with Gasteiger partial charge in [0.1, 0.15) is 34.1 Å². The number of hydrogen-bond acceptors (Lipinski definition) is 9. The van der Waals surface area contributed by atoms with E-state index in [1.54, 1.807) is 12.5 Å². The van der Waals surface area contributed by atoms with Gasteiger partial charge in [0.25, 0.3) is 0 Å². The molecule has 0 radical (unpaired) electrons. The van der Waals surface area contributed by atoms with Gasteiger partial charge in [-0.3, -0.25) is 4.68 Å².